The molecule has 35 heavy (non-hydrogen) atoms. The van der Waals surface area contributed by atoms with Crippen LogP contribution in [0.25, 0.3) is 27.7 Å². The fourth-order valence-electron chi connectivity index (χ4n) is 6.53. The normalized spacial score (nSPS) is 23.8. The van der Waals surface area contributed by atoms with Crippen LogP contribution in [0.1, 0.15) is 24.8 Å². The van der Waals surface area contributed by atoms with Crippen molar-refractivity contribution in [2.24, 2.45) is 0 Å². The molecule has 0 unspecified atom stereocenters. The van der Waals surface area contributed by atoms with Crippen LogP contribution in [-0.4, -0.2) is 80.7 Å². The maximum absolute atomic E-state index is 14.1. The number of hydrogen-bond acceptors (Lipinski definition) is 6. The Hall–Kier alpha value is -3.10. The van der Waals surface area contributed by atoms with Crippen molar-refractivity contribution >= 4 is 22.2 Å². The van der Waals surface area contributed by atoms with E-state index in [2.05, 4.69) is 38.0 Å². The van der Waals surface area contributed by atoms with Crippen molar-refractivity contribution in [3.63, 3.8) is 0 Å². The number of pyridine rings is 1. The number of hydrogen-bond donors (Lipinski definition) is 0. The number of piperidine rings is 1. The highest BCUT2D eigenvalue weighted by molar-refractivity contribution is 5.98. The molecule has 6 heterocycles. The molecule has 0 aliphatic carbocycles. The Morgan fingerprint density at radius 2 is 1.83 bits per heavy atom. The largest absolute Gasteiger partial charge is 0.369 e. The lowest BCUT2D eigenvalue weighted by molar-refractivity contribution is 0.0929. The van der Waals surface area contributed by atoms with E-state index in [1.54, 1.807) is 13.1 Å². The summed E-state index contributed by atoms with van der Waals surface area (Å²) in [5.74, 6) is -0.238. The molecule has 2 atom stereocenters. The molecule has 2 bridgehead atoms. The smallest absolute Gasteiger partial charge is 0.162 e. The number of fused-ring (bicyclic) bond motifs is 4. The van der Waals surface area contributed by atoms with Crippen molar-refractivity contribution in [3.05, 3.63) is 54.4 Å². The number of rotatable bonds is 3. The highest BCUT2D eigenvalue weighted by Crippen LogP contribution is 2.35. The first-order chi connectivity index (χ1) is 17.0. The molecular weight excluding hydrogens is 441 g/mol. The summed E-state index contributed by atoms with van der Waals surface area (Å²) in [6, 6.07) is 7.54. The van der Waals surface area contributed by atoms with Gasteiger partial charge >= 0.3 is 0 Å². The van der Waals surface area contributed by atoms with Crippen LogP contribution in [-0.2, 0) is 0 Å². The van der Waals surface area contributed by atoms with Gasteiger partial charge in [-0.1, -0.05) is 0 Å². The van der Waals surface area contributed by atoms with E-state index in [-0.39, 0.29) is 5.82 Å². The minimum atomic E-state index is -0.238. The van der Waals surface area contributed by atoms with Gasteiger partial charge in [0.1, 0.15) is 5.82 Å². The Morgan fingerprint density at radius 3 is 2.60 bits per heavy atom. The van der Waals surface area contributed by atoms with Crippen molar-refractivity contribution in [2.45, 2.75) is 44.3 Å². The first-order valence-corrected chi connectivity index (χ1v) is 12.6. The van der Waals surface area contributed by atoms with E-state index >= 15 is 0 Å². The fraction of sp³-hybridized carbons (Fsp3) is 0.444. The molecule has 3 aromatic heterocycles. The van der Waals surface area contributed by atoms with Gasteiger partial charge in [-0.25, -0.2) is 13.9 Å². The minimum absolute atomic E-state index is 0.238. The van der Waals surface area contributed by atoms with Crippen molar-refractivity contribution in [1.82, 2.24) is 29.4 Å². The summed E-state index contributed by atoms with van der Waals surface area (Å²) in [5.41, 5.74) is 5.07. The molecule has 0 N–H and O–H groups in total. The maximum Gasteiger partial charge on any atom is 0.162 e. The first-order valence-electron chi connectivity index (χ1n) is 12.6. The number of piperazine rings is 1. The second-order valence-electron chi connectivity index (χ2n) is 10.5. The number of nitrogens with zero attached hydrogens (tertiary/aromatic N) is 7. The van der Waals surface area contributed by atoms with Crippen molar-refractivity contribution < 1.29 is 4.39 Å². The second kappa shape index (κ2) is 7.96. The lowest BCUT2D eigenvalue weighted by Gasteiger charge is -2.42. The summed E-state index contributed by atoms with van der Waals surface area (Å²) < 4.78 is 16.0. The van der Waals surface area contributed by atoms with Gasteiger partial charge in [0.05, 0.1) is 29.8 Å². The molecule has 3 aliphatic heterocycles. The van der Waals surface area contributed by atoms with E-state index < -0.39 is 0 Å². The fourth-order valence-corrected chi connectivity index (χ4v) is 6.53. The summed E-state index contributed by atoms with van der Waals surface area (Å²) in [4.78, 5) is 16.9. The molecule has 4 aromatic rings. The van der Waals surface area contributed by atoms with Gasteiger partial charge in [0, 0.05) is 67.5 Å². The molecule has 0 amide bonds. The Kier molecular flexibility index (Phi) is 4.82. The Labute approximate surface area is 204 Å². The summed E-state index contributed by atoms with van der Waals surface area (Å²) >= 11 is 0. The third-order valence-electron chi connectivity index (χ3n) is 8.51. The molecule has 0 spiro atoms. The number of aryl methyl sites for hydroxylation is 1. The van der Waals surface area contributed by atoms with Crippen LogP contribution in [0.5, 0.6) is 0 Å². The van der Waals surface area contributed by atoms with Gasteiger partial charge < -0.3 is 9.80 Å². The summed E-state index contributed by atoms with van der Waals surface area (Å²) in [6.45, 7) is 6.35. The Morgan fingerprint density at radius 1 is 0.971 bits per heavy atom. The second-order valence-corrected chi connectivity index (χ2v) is 10.5. The number of aromatic nitrogens is 4. The van der Waals surface area contributed by atoms with Crippen molar-refractivity contribution in [1.29, 1.82) is 0 Å². The number of halogens is 1. The van der Waals surface area contributed by atoms with Crippen LogP contribution in [0.4, 0.5) is 10.1 Å². The van der Waals surface area contributed by atoms with Crippen molar-refractivity contribution in [3.8, 4) is 11.1 Å². The summed E-state index contributed by atoms with van der Waals surface area (Å²) in [7, 11) is 2.27. The van der Waals surface area contributed by atoms with Crippen LogP contribution in [0, 0.1) is 12.7 Å². The van der Waals surface area contributed by atoms with E-state index in [0.717, 1.165) is 53.0 Å². The minimum Gasteiger partial charge on any atom is -0.369 e. The number of benzene rings is 1. The molecule has 180 valence electrons. The van der Waals surface area contributed by atoms with Crippen LogP contribution in [0.15, 0.2) is 43.0 Å². The zero-order chi connectivity index (χ0) is 23.7. The van der Waals surface area contributed by atoms with E-state index in [4.69, 9.17) is 4.98 Å². The topological polar surface area (TPSA) is 52.8 Å². The van der Waals surface area contributed by atoms with E-state index in [9.17, 15) is 4.39 Å². The van der Waals surface area contributed by atoms with Gasteiger partial charge in [-0.15, -0.1) is 0 Å². The molecule has 7 rings (SSSR count). The predicted molar refractivity (Wildman–Crippen MR) is 135 cm³/mol. The first kappa shape index (κ1) is 21.2. The van der Waals surface area contributed by atoms with Crippen LogP contribution in [0.3, 0.4) is 0 Å². The van der Waals surface area contributed by atoms with E-state index in [1.807, 2.05) is 29.0 Å². The van der Waals surface area contributed by atoms with Gasteiger partial charge in [0.2, 0.25) is 0 Å². The SMILES string of the molecule is Cc1cc2c(-c3cnn4cc(N5CCC(N6C[C@H]7C[C@@H]6CN7C)CC5)cnc34)ccnc2cc1F. The van der Waals surface area contributed by atoms with Crippen LogP contribution < -0.4 is 4.90 Å². The van der Waals surface area contributed by atoms with E-state index in [1.165, 1.54) is 38.4 Å². The molecule has 8 heteroatoms. The molecule has 0 radical (unpaired) electrons. The predicted octanol–water partition coefficient (Wildman–Crippen LogP) is 3.75. The van der Waals surface area contributed by atoms with Crippen LogP contribution >= 0.6 is 0 Å². The third kappa shape index (κ3) is 3.42. The molecule has 3 fully saturated rings. The molecule has 7 nitrogen and oxygen atoms in total. The molecular formula is C27H30FN7. The standard InChI is InChI=1S/C27H30FN7/c1-17-9-23-22(3-6-29-26(23)11-25(17)28)24-13-31-35-16-21(12-30-27(24)35)33-7-4-18(5-8-33)34-15-19-10-20(34)14-32(19)2/h3,6,9,11-13,16,18-20H,4-5,7-8,10,14-15H2,1-2H3/t19-,20-/m1/s1. The molecule has 1 aromatic carbocycles. The van der Waals surface area contributed by atoms with Crippen LogP contribution in [0.2, 0.25) is 0 Å². The van der Waals surface area contributed by atoms with Gasteiger partial charge in [-0.2, -0.15) is 5.10 Å². The molecule has 3 aliphatic rings. The summed E-state index contributed by atoms with van der Waals surface area (Å²) in [5, 5.41) is 5.54. The van der Waals surface area contributed by atoms with E-state index in [0.29, 0.717) is 17.1 Å². The lowest BCUT2D eigenvalue weighted by Crippen LogP contribution is -2.52. The van der Waals surface area contributed by atoms with Gasteiger partial charge in [0.25, 0.3) is 0 Å². The average Bonchev–Trinajstić information content (AvgIpc) is 3.58. The van der Waals surface area contributed by atoms with Gasteiger partial charge in [-0.05, 0) is 56.5 Å². The maximum atomic E-state index is 14.1. The number of anilines is 1. The van der Waals surface area contributed by atoms with Gasteiger partial charge in [-0.3, -0.25) is 9.88 Å². The summed E-state index contributed by atoms with van der Waals surface area (Å²) in [6.07, 6.45) is 11.4. The zero-order valence-electron chi connectivity index (χ0n) is 20.2. The average molecular weight is 472 g/mol. The number of likely N-dealkylation sites (tertiary alicyclic amines) is 2. The lowest BCUT2D eigenvalue weighted by atomic mass is 10.0. The quantitative estimate of drug-likeness (QED) is 0.454. The van der Waals surface area contributed by atoms with Gasteiger partial charge in [0.15, 0.2) is 5.65 Å². The zero-order valence-corrected chi connectivity index (χ0v) is 20.2. The Balaban J connectivity index is 1.13. The molecule has 3 saturated heterocycles. The highest BCUT2D eigenvalue weighted by atomic mass is 19.1. The highest BCUT2D eigenvalue weighted by Gasteiger charge is 2.44. The number of likely N-dealkylation sites (N-methyl/N-ethyl adjacent to an activating group) is 1. The Bertz CT molecular complexity index is 1420. The third-order valence-corrected chi connectivity index (χ3v) is 8.51. The van der Waals surface area contributed by atoms with Crippen molar-refractivity contribution in [2.75, 3.05) is 38.1 Å². The molecule has 0 saturated carbocycles. The monoisotopic (exact) mass is 471 g/mol.